The van der Waals surface area contributed by atoms with Gasteiger partial charge in [0.2, 0.25) is 5.95 Å². The molecule has 0 bridgehead atoms. The normalized spacial score (nSPS) is 14.1. The molecule has 7 heteroatoms. The van der Waals surface area contributed by atoms with Crippen molar-refractivity contribution in [2.75, 3.05) is 29.9 Å². The Labute approximate surface area is 181 Å². The highest BCUT2D eigenvalue weighted by Gasteiger charge is 2.21. The standard InChI is InChI=1S/C24H25N5O2/c30-17-19-15-25-23(26-16-19)29-12-10-18(11-13-29)14-27-24(31)28-22-8-6-21(7-9-22)20-4-2-1-3-5-20/h1-9,15-18H,10-14H2,(H2,27,28,31). The van der Waals surface area contributed by atoms with Crippen molar-refractivity contribution in [3.05, 3.63) is 72.6 Å². The molecule has 0 saturated carbocycles. The van der Waals surface area contributed by atoms with Crippen LogP contribution in [0.15, 0.2) is 67.0 Å². The predicted molar refractivity (Wildman–Crippen MR) is 121 cm³/mol. The minimum Gasteiger partial charge on any atom is -0.341 e. The predicted octanol–water partition coefficient (Wildman–Crippen LogP) is 3.99. The van der Waals surface area contributed by atoms with Gasteiger partial charge in [0.15, 0.2) is 6.29 Å². The summed E-state index contributed by atoms with van der Waals surface area (Å²) in [6.07, 6.45) is 5.72. The number of aromatic nitrogens is 2. The lowest BCUT2D eigenvalue weighted by atomic mass is 9.97. The lowest BCUT2D eigenvalue weighted by molar-refractivity contribution is 0.112. The molecule has 4 rings (SSSR count). The van der Waals surface area contributed by atoms with Crippen molar-refractivity contribution < 1.29 is 9.59 Å². The summed E-state index contributed by atoms with van der Waals surface area (Å²) in [6.45, 7) is 2.29. The molecule has 0 aliphatic carbocycles. The second-order valence-electron chi connectivity index (χ2n) is 7.64. The summed E-state index contributed by atoms with van der Waals surface area (Å²) >= 11 is 0. The molecule has 1 saturated heterocycles. The van der Waals surface area contributed by atoms with Crippen molar-refractivity contribution in [3.63, 3.8) is 0 Å². The smallest absolute Gasteiger partial charge is 0.319 e. The molecule has 1 fully saturated rings. The van der Waals surface area contributed by atoms with Gasteiger partial charge in [-0.2, -0.15) is 0 Å². The molecule has 7 nitrogen and oxygen atoms in total. The first-order chi connectivity index (χ1) is 15.2. The Hall–Kier alpha value is -3.74. The number of nitrogens with one attached hydrogen (secondary N) is 2. The summed E-state index contributed by atoms with van der Waals surface area (Å²) in [4.78, 5) is 33.6. The second kappa shape index (κ2) is 9.84. The Bertz CT molecular complexity index is 998. The van der Waals surface area contributed by atoms with E-state index in [2.05, 4.69) is 37.6 Å². The van der Waals surface area contributed by atoms with E-state index < -0.39 is 0 Å². The summed E-state index contributed by atoms with van der Waals surface area (Å²) in [5, 5.41) is 5.87. The van der Waals surface area contributed by atoms with Gasteiger partial charge in [0.25, 0.3) is 0 Å². The van der Waals surface area contributed by atoms with Gasteiger partial charge in [0.05, 0.1) is 5.56 Å². The van der Waals surface area contributed by atoms with Crippen LogP contribution in [0.4, 0.5) is 16.4 Å². The molecule has 1 aliphatic heterocycles. The number of rotatable bonds is 6. The molecule has 0 spiro atoms. The van der Waals surface area contributed by atoms with Gasteiger partial charge in [-0.3, -0.25) is 4.79 Å². The Morgan fingerprint density at radius 3 is 2.26 bits per heavy atom. The number of benzene rings is 2. The molecule has 2 amide bonds. The summed E-state index contributed by atoms with van der Waals surface area (Å²) in [7, 11) is 0. The van der Waals surface area contributed by atoms with E-state index in [1.807, 2.05) is 42.5 Å². The van der Waals surface area contributed by atoms with Crippen LogP contribution < -0.4 is 15.5 Å². The first-order valence-electron chi connectivity index (χ1n) is 10.4. The Morgan fingerprint density at radius 1 is 0.968 bits per heavy atom. The van der Waals surface area contributed by atoms with Crippen molar-refractivity contribution in [2.24, 2.45) is 5.92 Å². The third kappa shape index (κ3) is 5.45. The van der Waals surface area contributed by atoms with Crippen molar-refractivity contribution in [1.82, 2.24) is 15.3 Å². The maximum atomic E-state index is 12.3. The fourth-order valence-electron chi connectivity index (χ4n) is 3.68. The molecule has 31 heavy (non-hydrogen) atoms. The quantitative estimate of drug-likeness (QED) is 0.595. The van der Waals surface area contributed by atoms with Crippen molar-refractivity contribution in [1.29, 1.82) is 0 Å². The number of amides is 2. The van der Waals surface area contributed by atoms with Gasteiger partial charge < -0.3 is 15.5 Å². The number of urea groups is 1. The monoisotopic (exact) mass is 415 g/mol. The maximum Gasteiger partial charge on any atom is 0.319 e. The molecule has 158 valence electrons. The van der Waals surface area contributed by atoms with Gasteiger partial charge in [-0.1, -0.05) is 42.5 Å². The summed E-state index contributed by atoms with van der Waals surface area (Å²) in [6, 6.07) is 17.8. The molecule has 2 N–H and O–H groups in total. The molecule has 3 aromatic rings. The molecule has 2 heterocycles. The van der Waals surface area contributed by atoms with Gasteiger partial charge in [-0.25, -0.2) is 14.8 Å². The SMILES string of the molecule is O=Cc1cnc(N2CCC(CNC(=O)Nc3ccc(-c4ccccc4)cc3)CC2)nc1. The largest absolute Gasteiger partial charge is 0.341 e. The lowest BCUT2D eigenvalue weighted by Crippen LogP contribution is -2.40. The first-order valence-corrected chi connectivity index (χ1v) is 10.4. The summed E-state index contributed by atoms with van der Waals surface area (Å²) in [5.74, 6) is 1.06. The highest BCUT2D eigenvalue weighted by molar-refractivity contribution is 5.89. The summed E-state index contributed by atoms with van der Waals surface area (Å²) in [5.41, 5.74) is 3.50. The number of anilines is 2. The van der Waals surface area contributed by atoms with E-state index in [-0.39, 0.29) is 6.03 Å². The van der Waals surface area contributed by atoms with Crippen molar-refractivity contribution >= 4 is 24.0 Å². The fourth-order valence-corrected chi connectivity index (χ4v) is 3.68. The Balaban J connectivity index is 1.21. The molecular formula is C24H25N5O2. The molecule has 1 aliphatic rings. The zero-order chi connectivity index (χ0) is 21.5. The Morgan fingerprint density at radius 2 is 1.61 bits per heavy atom. The number of piperidine rings is 1. The van der Waals surface area contributed by atoms with E-state index in [4.69, 9.17) is 0 Å². The molecular weight excluding hydrogens is 390 g/mol. The van der Waals surface area contributed by atoms with E-state index in [1.54, 1.807) is 12.4 Å². The van der Waals surface area contributed by atoms with Gasteiger partial charge in [-0.05, 0) is 42.0 Å². The zero-order valence-corrected chi connectivity index (χ0v) is 17.2. The van der Waals surface area contributed by atoms with Gasteiger partial charge in [-0.15, -0.1) is 0 Å². The second-order valence-corrected chi connectivity index (χ2v) is 7.64. The number of hydrogen-bond donors (Lipinski definition) is 2. The van der Waals surface area contributed by atoms with Gasteiger partial charge in [0, 0.05) is 37.7 Å². The van der Waals surface area contributed by atoms with Crippen molar-refractivity contribution in [2.45, 2.75) is 12.8 Å². The van der Waals surface area contributed by atoms with Crippen LogP contribution in [0.2, 0.25) is 0 Å². The minimum atomic E-state index is -0.192. The number of carbonyl (C=O) groups is 2. The zero-order valence-electron chi connectivity index (χ0n) is 17.2. The fraction of sp³-hybridized carbons (Fsp3) is 0.250. The topological polar surface area (TPSA) is 87.2 Å². The van der Waals surface area contributed by atoms with Gasteiger partial charge >= 0.3 is 6.03 Å². The maximum absolute atomic E-state index is 12.3. The number of hydrogen-bond acceptors (Lipinski definition) is 5. The molecule has 1 aromatic heterocycles. The summed E-state index contributed by atoms with van der Waals surface area (Å²) < 4.78 is 0. The molecule has 0 unspecified atom stereocenters. The van der Waals surface area contributed by atoms with Crippen LogP contribution in [0.5, 0.6) is 0 Å². The number of carbonyl (C=O) groups excluding carboxylic acids is 2. The van der Waals surface area contributed by atoms with E-state index in [0.29, 0.717) is 24.0 Å². The average molecular weight is 415 g/mol. The van der Waals surface area contributed by atoms with Crippen LogP contribution >= 0.6 is 0 Å². The van der Waals surface area contributed by atoms with E-state index in [1.165, 1.54) is 0 Å². The minimum absolute atomic E-state index is 0.192. The van der Waals surface area contributed by atoms with Gasteiger partial charge in [0.1, 0.15) is 0 Å². The van der Waals surface area contributed by atoms with Crippen LogP contribution in [0.25, 0.3) is 11.1 Å². The number of nitrogens with zero attached hydrogens (tertiary/aromatic N) is 3. The number of aldehydes is 1. The molecule has 0 radical (unpaired) electrons. The van der Waals surface area contributed by atoms with Crippen LogP contribution in [0, 0.1) is 5.92 Å². The highest BCUT2D eigenvalue weighted by atomic mass is 16.2. The third-order valence-corrected chi connectivity index (χ3v) is 5.49. The van der Waals surface area contributed by atoms with Crippen LogP contribution in [-0.2, 0) is 0 Å². The molecule has 0 atom stereocenters. The van der Waals surface area contributed by atoms with Crippen LogP contribution in [0.3, 0.4) is 0 Å². The van der Waals surface area contributed by atoms with Crippen LogP contribution in [-0.4, -0.2) is 41.9 Å². The highest BCUT2D eigenvalue weighted by Crippen LogP contribution is 2.22. The Kier molecular flexibility index (Phi) is 6.52. The van der Waals surface area contributed by atoms with E-state index in [0.717, 1.165) is 49.0 Å². The van der Waals surface area contributed by atoms with Crippen molar-refractivity contribution in [3.8, 4) is 11.1 Å². The third-order valence-electron chi connectivity index (χ3n) is 5.49. The molecule has 2 aromatic carbocycles. The van der Waals surface area contributed by atoms with E-state index >= 15 is 0 Å². The lowest BCUT2D eigenvalue weighted by Gasteiger charge is -2.32. The van der Waals surface area contributed by atoms with Crippen LogP contribution in [0.1, 0.15) is 23.2 Å². The average Bonchev–Trinajstić information content (AvgIpc) is 2.84. The van der Waals surface area contributed by atoms with E-state index in [9.17, 15) is 9.59 Å². The first kappa shape index (κ1) is 20.5.